The van der Waals surface area contributed by atoms with Gasteiger partial charge in [-0.15, -0.1) is 6.58 Å². The second-order valence-electron chi connectivity index (χ2n) is 1.91. The van der Waals surface area contributed by atoms with Gasteiger partial charge < -0.3 is 24.2 Å². The smallest absolute Gasteiger partial charge is 0.786 e. The Morgan fingerprint density at radius 2 is 2.23 bits per heavy atom. The van der Waals surface area contributed by atoms with Crippen LogP contribution in [0.1, 0.15) is 6.42 Å². The van der Waals surface area contributed by atoms with Gasteiger partial charge in [-0.1, -0.05) is 6.08 Å². The second-order valence-corrected chi connectivity index (χ2v) is 2.59. The third-order valence-electron chi connectivity index (χ3n) is 0.973. The molecule has 0 bridgehead atoms. The summed E-state index contributed by atoms with van der Waals surface area (Å²) >= 11 is 0. The van der Waals surface area contributed by atoms with Crippen LogP contribution in [0.4, 0.5) is 0 Å². The summed E-state index contributed by atoms with van der Waals surface area (Å²) in [4.78, 5) is 18.5. The normalized spacial score (nSPS) is 14.4. The molecular formula is C6H12NaO5P. The molecule has 0 aromatic heterocycles. The molecule has 0 saturated heterocycles. The van der Waals surface area contributed by atoms with E-state index < -0.39 is 14.9 Å². The number of ether oxygens (including phenoxy) is 1. The average molecular weight is 218 g/mol. The van der Waals surface area contributed by atoms with Gasteiger partial charge >= 0.3 is 29.6 Å². The summed E-state index contributed by atoms with van der Waals surface area (Å²) in [5.74, 6) is 0. The minimum Gasteiger partial charge on any atom is -0.786 e. The monoisotopic (exact) mass is 218 g/mol. The Labute approximate surface area is 101 Å². The standard InChI is InChI=1S/C6H12O5P.Na/c1-2-5-10-6(3-4-7)11-12(8)9;/h2,6-8H,1,3-5H2;/q-1;+1. The first-order valence-electron chi connectivity index (χ1n) is 3.37. The van der Waals surface area contributed by atoms with Crippen LogP contribution in [0.25, 0.3) is 0 Å². The van der Waals surface area contributed by atoms with Gasteiger partial charge in [0.25, 0.3) is 0 Å². The maximum absolute atomic E-state index is 10.2. The van der Waals surface area contributed by atoms with Gasteiger partial charge in [0.05, 0.1) is 15.2 Å². The first-order valence-corrected chi connectivity index (χ1v) is 4.50. The van der Waals surface area contributed by atoms with Gasteiger partial charge in [0, 0.05) is 13.0 Å². The molecule has 0 aliphatic carbocycles. The molecule has 0 heterocycles. The molecule has 5 nitrogen and oxygen atoms in total. The van der Waals surface area contributed by atoms with Crippen molar-refractivity contribution in [3.8, 4) is 0 Å². The van der Waals surface area contributed by atoms with Crippen molar-refractivity contribution in [2.24, 2.45) is 0 Å². The minimum absolute atomic E-state index is 0. The summed E-state index contributed by atoms with van der Waals surface area (Å²) in [5.41, 5.74) is 0. The van der Waals surface area contributed by atoms with E-state index in [9.17, 15) is 4.89 Å². The summed E-state index contributed by atoms with van der Waals surface area (Å²) in [6, 6.07) is 0. The number of aliphatic hydroxyl groups is 1. The van der Waals surface area contributed by atoms with Crippen LogP contribution in [0, 0.1) is 0 Å². The Bertz CT molecular complexity index is 124. The largest absolute Gasteiger partial charge is 1.00 e. The minimum atomic E-state index is -2.69. The number of rotatable bonds is 7. The van der Waals surface area contributed by atoms with Crippen LogP contribution in [0.3, 0.4) is 0 Å². The second kappa shape index (κ2) is 11.0. The van der Waals surface area contributed by atoms with Gasteiger partial charge in [0.2, 0.25) is 0 Å². The maximum atomic E-state index is 10.2. The molecule has 7 heteroatoms. The Morgan fingerprint density at radius 3 is 2.62 bits per heavy atom. The van der Waals surface area contributed by atoms with Gasteiger partial charge in [-0.2, -0.15) is 0 Å². The van der Waals surface area contributed by atoms with E-state index in [2.05, 4.69) is 11.1 Å². The quantitative estimate of drug-likeness (QED) is 0.200. The molecule has 0 amide bonds. The number of hydrogen-bond acceptors (Lipinski definition) is 5. The van der Waals surface area contributed by atoms with Crippen LogP contribution < -0.4 is 34.5 Å². The zero-order valence-corrected chi connectivity index (χ0v) is 10.4. The molecule has 2 N–H and O–H groups in total. The van der Waals surface area contributed by atoms with Crippen molar-refractivity contribution in [3.05, 3.63) is 12.7 Å². The van der Waals surface area contributed by atoms with E-state index in [-0.39, 0.29) is 49.2 Å². The third-order valence-corrected chi connectivity index (χ3v) is 1.39. The maximum Gasteiger partial charge on any atom is 1.00 e. The fourth-order valence-electron chi connectivity index (χ4n) is 0.548. The number of aliphatic hydroxyl groups excluding tert-OH is 1. The molecule has 2 unspecified atom stereocenters. The zero-order valence-electron chi connectivity index (χ0n) is 7.55. The molecule has 0 aliphatic heterocycles. The predicted molar refractivity (Wildman–Crippen MR) is 41.9 cm³/mol. The van der Waals surface area contributed by atoms with Crippen molar-refractivity contribution in [3.63, 3.8) is 0 Å². The van der Waals surface area contributed by atoms with E-state index in [1.54, 1.807) is 0 Å². The van der Waals surface area contributed by atoms with E-state index in [0.29, 0.717) is 0 Å². The molecule has 0 aliphatic rings. The third kappa shape index (κ3) is 10.9. The van der Waals surface area contributed by atoms with E-state index in [0.717, 1.165) is 0 Å². The molecule has 0 aromatic rings. The van der Waals surface area contributed by atoms with Crippen molar-refractivity contribution >= 4 is 8.60 Å². The Morgan fingerprint density at radius 1 is 1.62 bits per heavy atom. The Balaban J connectivity index is 0. The molecule has 0 rings (SSSR count). The molecule has 72 valence electrons. The summed E-state index contributed by atoms with van der Waals surface area (Å²) in [5, 5.41) is 8.49. The van der Waals surface area contributed by atoms with Gasteiger partial charge in [0.1, 0.15) is 0 Å². The Hall–Kier alpha value is 0.970. The van der Waals surface area contributed by atoms with Crippen molar-refractivity contribution in [1.29, 1.82) is 0 Å². The number of hydrogen-bond donors (Lipinski definition) is 2. The molecule has 0 saturated carbocycles. The first kappa shape index (κ1) is 16.4. The van der Waals surface area contributed by atoms with Crippen LogP contribution >= 0.6 is 8.60 Å². The van der Waals surface area contributed by atoms with Crippen molar-refractivity contribution in [2.75, 3.05) is 13.2 Å². The fraction of sp³-hybridized carbons (Fsp3) is 0.667. The summed E-state index contributed by atoms with van der Waals surface area (Å²) in [7, 11) is -2.69. The molecule has 0 aromatic carbocycles. The van der Waals surface area contributed by atoms with E-state index in [1.165, 1.54) is 6.08 Å². The van der Waals surface area contributed by atoms with E-state index in [4.69, 9.17) is 14.7 Å². The van der Waals surface area contributed by atoms with Gasteiger partial charge in [0.15, 0.2) is 6.29 Å². The van der Waals surface area contributed by atoms with Gasteiger partial charge in [-0.3, -0.25) is 0 Å². The van der Waals surface area contributed by atoms with Crippen LogP contribution in [0.15, 0.2) is 12.7 Å². The molecule has 13 heavy (non-hydrogen) atoms. The van der Waals surface area contributed by atoms with Crippen molar-refractivity contribution in [1.82, 2.24) is 0 Å². The molecule has 0 spiro atoms. The van der Waals surface area contributed by atoms with Crippen LogP contribution in [-0.4, -0.2) is 29.5 Å². The van der Waals surface area contributed by atoms with Gasteiger partial charge in [-0.05, 0) is 0 Å². The summed E-state index contributed by atoms with van der Waals surface area (Å²) < 4.78 is 9.33. The van der Waals surface area contributed by atoms with Crippen LogP contribution in [-0.2, 0) is 9.26 Å². The van der Waals surface area contributed by atoms with Crippen LogP contribution in [0.2, 0.25) is 0 Å². The van der Waals surface area contributed by atoms with Gasteiger partial charge in [-0.25, -0.2) is 0 Å². The molecule has 0 fully saturated rings. The topological polar surface area (TPSA) is 82.0 Å². The summed E-state index contributed by atoms with van der Waals surface area (Å²) in [6.07, 6.45) is 0.801. The van der Waals surface area contributed by atoms with Crippen LogP contribution in [0.5, 0.6) is 0 Å². The first-order chi connectivity index (χ1) is 5.70. The molecular weight excluding hydrogens is 206 g/mol. The zero-order chi connectivity index (χ0) is 9.40. The molecule has 0 radical (unpaired) electrons. The average Bonchev–Trinajstić information content (AvgIpc) is 2.00. The van der Waals surface area contributed by atoms with Crippen molar-refractivity contribution < 1.29 is 53.7 Å². The predicted octanol–water partition coefficient (Wildman–Crippen LogP) is -3.50. The molecule has 2 atom stereocenters. The van der Waals surface area contributed by atoms with E-state index >= 15 is 0 Å². The fourth-order valence-corrected chi connectivity index (χ4v) is 0.915. The van der Waals surface area contributed by atoms with Crippen molar-refractivity contribution in [2.45, 2.75) is 12.7 Å². The van der Waals surface area contributed by atoms with E-state index in [1.807, 2.05) is 0 Å². The Kier molecular flexibility index (Phi) is 13.9. The summed E-state index contributed by atoms with van der Waals surface area (Å²) in [6.45, 7) is 3.45. The SMILES string of the molecule is C=CCOC(CCO)OP([O-])O.[Na+].